The van der Waals surface area contributed by atoms with Crippen molar-refractivity contribution in [3.63, 3.8) is 0 Å². The SMILES string of the molecule is CC(C)CCOCCN1CCCC(CCN)C1. The van der Waals surface area contributed by atoms with Gasteiger partial charge in [0, 0.05) is 19.7 Å². The maximum atomic E-state index is 5.68. The molecule has 0 aliphatic carbocycles. The molecule has 1 fully saturated rings. The highest BCUT2D eigenvalue weighted by atomic mass is 16.5. The second-order valence-electron chi connectivity index (χ2n) is 5.68. The van der Waals surface area contributed by atoms with Gasteiger partial charge in [0.25, 0.3) is 0 Å². The molecular formula is C14H30N2O. The van der Waals surface area contributed by atoms with Crippen molar-refractivity contribution >= 4 is 0 Å². The summed E-state index contributed by atoms with van der Waals surface area (Å²) in [7, 11) is 0. The summed E-state index contributed by atoms with van der Waals surface area (Å²) in [5, 5.41) is 0. The van der Waals surface area contributed by atoms with Gasteiger partial charge in [-0.25, -0.2) is 0 Å². The van der Waals surface area contributed by atoms with Gasteiger partial charge in [0.2, 0.25) is 0 Å². The van der Waals surface area contributed by atoms with Crippen molar-refractivity contribution in [3.8, 4) is 0 Å². The molecule has 0 bridgehead atoms. The monoisotopic (exact) mass is 242 g/mol. The Kier molecular flexibility index (Phi) is 7.82. The first-order valence-electron chi connectivity index (χ1n) is 7.22. The van der Waals surface area contributed by atoms with Gasteiger partial charge in [-0.2, -0.15) is 0 Å². The van der Waals surface area contributed by atoms with Crippen molar-refractivity contribution in [2.45, 2.75) is 39.5 Å². The molecule has 1 aliphatic rings. The summed E-state index contributed by atoms with van der Waals surface area (Å²) >= 11 is 0. The van der Waals surface area contributed by atoms with Crippen LogP contribution in [0.3, 0.4) is 0 Å². The number of nitrogens with zero attached hydrogens (tertiary/aromatic N) is 1. The van der Waals surface area contributed by atoms with E-state index in [1.165, 1.54) is 38.8 Å². The Morgan fingerprint density at radius 3 is 2.88 bits per heavy atom. The number of nitrogens with two attached hydrogens (primary N) is 1. The fourth-order valence-electron chi connectivity index (χ4n) is 2.44. The van der Waals surface area contributed by atoms with Crippen LogP contribution in [0.5, 0.6) is 0 Å². The summed E-state index contributed by atoms with van der Waals surface area (Å²) in [4.78, 5) is 2.54. The van der Waals surface area contributed by atoms with E-state index in [9.17, 15) is 0 Å². The molecule has 1 saturated heterocycles. The Morgan fingerprint density at radius 1 is 1.35 bits per heavy atom. The molecule has 0 radical (unpaired) electrons. The van der Waals surface area contributed by atoms with Gasteiger partial charge in [-0.05, 0) is 50.6 Å². The molecule has 1 unspecified atom stereocenters. The molecule has 0 saturated carbocycles. The summed E-state index contributed by atoms with van der Waals surface area (Å²) in [5.74, 6) is 1.57. The van der Waals surface area contributed by atoms with Crippen LogP contribution in [0.4, 0.5) is 0 Å². The highest BCUT2D eigenvalue weighted by molar-refractivity contribution is 4.73. The standard InChI is InChI=1S/C14H30N2O/c1-13(2)6-10-17-11-9-16-8-3-4-14(12-16)5-7-15/h13-14H,3-12,15H2,1-2H3. The molecule has 1 aliphatic heterocycles. The number of piperidine rings is 1. The third-order valence-electron chi connectivity index (χ3n) is 3.57. The first kappa shape index (κ1) is 14.9. The molecule has 1 atom stereocenters. The van der Waals surface area contributed by atoms with E-state index < -0.39 is 0 Å². The molecule has 3 heteroatoms. The summed E-state index contributed by atoms with van der Waals surface area (Å²) in [6, 6.07) is 0. The van der Waals surface area contributed by atoms with Crippen LogP contribution in [-0.4, -0.2) is 44.3 Å². The molecule has 0 spiro atoms. The van der Waals surface area contributed by atoms with Gasteiger partial charge in [0.05, 0.1) is 6.61 Å². The largest absolute Gasteiger partial charge is 0.380 e. The van der Waals surface area contributed by atoms with Crippen LogP contribution in [0.2, 0.25) is 0 Å². The maximum absolute atomic E-state index is 5.68. The number of likely N-dealkylation sites (tertiary alicyclic amines) is 1. The molecule has 2 N–H and O–H groups in total. The minimum Gasteiger partial charge on any atom is -0.380 e. The first-order valence-corrected chi connectivity index (χ1v) is 7.22. The van der Waals surface area contributed by atoms with Crippen LogP contribution in [-0.2, 0) is 4.74 Å². The summed E-state index contributed by atoms with van der Waals surface area (Å²) < 4.78 is 5.68. The van der Waals surface area contributed by atoms with Crippen LogP contribution >= 0.6 is 0 Å². The zero-order chi connectivity index (χ0) is 12.5. The van der Waals surface area contributed by atoms with Crippen molar-refractivity contribution in [1.82, 2.24) is 4.90 Å². The van der Waals surface area contributed by atoms with Gasteiger partial charge in [-0.3, -0.25) is 0 Å². The molecule has 3 nitrogen and oxygen atoms in total. The highest BCUT2D eigenvalue weighted by Crippen LogP contribution is 2.18. The Hall–Kier alpha value is -0.120. The highest BCUT2D eigenvalue weighted by Gasteiger charge is 2.18. The van der Waals surface area contributed by atoms with Crippen molar-refractivity contribution in [2.75, 3.05) is 39.4 Å². The lowest BCUT2D eigenvalue weighted by atomic mass is 9.95. The van der Waals surface area contributed by atoms with Crippen molar-refractivity contribution < 1.29 is 4.74 Å². The van der Waals surface area contributed by atoms with Crippen LogP contribution in [0, 0.1) is 11.8 Å². The topological polar surface area (TPSA) is 38.5 Å². The summed E-state index contributed by atoms with van der Waals surface area (Å²) in [6.45, 7) is 10.7. The quantitative estimate of drug-likeness (QED) is 0.663. The minimum absolute atomic E-state index is 0.749. The number of rotatable bonds is 8. The summed E-state index contributed by atoms with van der Waals surface area (Å²) in [5.41, 5.74) is 5.63. The Labute approximate surface area is 107 Å². The van der Waals surface area contributed by atoms with Gasteiger partial charge in [-0.15, -0.1) is 0 Å². The zero-order valence-corrected chi connectivity index (χ0v) is 11.7. The Balaban J connectivity index is 2.02. The lowest BCUT2D eigenvalue weighted by molar-refractivity contribution is 0.0786. The second-order valence-corrected chi connectivity index (χ2v) is 5.68. The molecule has 1 rings (SSSR count). The number of ether oxygens (including phenoxy) is 1. The van der Waals surface area contributed by atoms with E-state index in [4.69, 9.17) is 10.5 Å². The molecule has 1 heterocycles. The molecule has 0 amide bonds. The van der Waals surface area contributed by atoms with Crippen molar-refractivity contribution in [2.24, 2.45) is 17.6 Å². The van der Waals surface area contributed by atoms with Crippen LogP contribution in [0.25, 0.3) is 0 Å². The lowest BCUT2D eigenvalue weighted by Gasteiger charge is -2.32. The summed E-state index contributed by atoms with van der Waals surface area (Å²) in [6.07, 6.45) is 5.05. The fourth-order valence-corrected chi connectivity index (χ4v) is 2.44. The smallest absolute Gasteiger partial charge is 0.0593 e. The third-order valence-corrected chi connectivity index (χ3v) is 3.57. The fraction of sp³-hybridized carbons (Fsp3) is 1.00. The van der Waals surface area contributed by atoms with Crippen LogP contribution in [0.15, 0.2) is 0 Å². The Bertz CT molecular complexity index is 183. The van der Waals surface area contributed by atoms with Crippen molar-refractivity contribution in [3.05, 3.63) is 0 Å². The third kappa shape index (κ3) is 7.02. The molecule has 0 aromatic carbocycles. The van der Waals surface area contributed by atoms with E-state index in [0.717, 1.165) is 38.1 Å². The van der Waals surface area contributed by atoms with E-state index in [1.807, 2.05) is 0 Å². The van der Waals surface area contributed by atoms with Gasteiger partial charge >= 0.3 is 0 Å². The Morgan fingerprint density at radius 2 is 2.18 bits per heavy atom. The number of hydrogen-bond acceptors (Lipinski definition) is 3. The van der Waals surface area contributed by atoms with E-state index in [2.05, 4.69) is 18.7 Å². The van der Waals surface area contributed by atoms with Crippen molar-refractivity contribution in [1.29, 1.82) is 0 Å². The predicted molar refractivity (Wildman–Crippen MR) is 73.1 cm³/mol. The molecular weight excluding hydrogens is 212 g/mol. The molecule has 0 aromatic heterocycles. The molecule has 17 heavy (non-hydrogen) atoms. The van der Waals surface area contributed by atoms with Gasteiger partial charge in [0.1, 0.15) is 0 Å². The van der Waals surface area contributed by atoms with E-state index in [-0.39, 0.29) is 0 Å². The normalized spacial score (nSPS) is 22.2. The molecule has 102 valence electrons. The first-order chi connectivity index (χ1) is 8.22. The van der Waals surface area contributed by atoms with E-state index in [0.29, 0.717) is 0 Å². The molecule has 0 aromatic rings. The van der Waals surface area contributed by atoms with Gasteiger partial charge in [0.15, 0.2) is 0 Å². The zero-order valence-electron chi connectivity index (χ0n) is 11.7. The second kappa shape index (κ2) is 8.90. The average Bonchev–Trinajstić information content (AvgIpc) is 2.29. The maximum Gasteiger partial charge on any atom is 0.0593 e. The predicted octanol–water partition coefficient (Wildman–Crippen LogP) is 2.11. The van der Waals surface area contributed by atoms with E-state index >= 15 is 0 Å². The number of hydrogen-bond donors (Lipinski definition) is 1. The van der Waals surface area contributed by atoms with Gasteiger partial charge < -0.3 is 15.4 Å². The minimum atomic E-state index is 0.749. The van der Waals surface area contributed by atoms with Crippen LogP contribution in [0.1, 0.15) is 39.5 Å². The average molecular weight is 242 g/mol. The van der Waals surface area contributed by atoms with Crippen LogP contribution < -0.4 is 5.73 Å². The van der Waals surface area contributed by atoms with E-state index in [1.54, 1.807) is 0 Å². The van der Waals surface area contributed by atoms with Gasteiger partial charge in [-0.1, -0.05) is 13.8 Å². The lowest BCUT2D eigenvalue weighted by Crippen LogP contribution is -2.38.